The maximum Gasteiger partial charge on any atom is 0.416 e. The van der Waals surface area contributed by atoms with Crippen molar-refractivity contribution < 1.29 is 37.3 Å². The third-order valence-corrected chi connectivity index (χ3v) is 4.12. The molecule has 3 rings (SSSR count). The summed E-state index contributed by atoms with van der Waals surface area (Å²) < 4.78 is 54.7. The lowest BCUT2D eigenvalue weighted by molar-refractivity contribution is -0.137. The number of hydrogen-bond acceptors (Lipinski definition) is 7. The third kappa shape index (κ3) is 4.00. The molecule has 2 N–H and O–H groups in total. The van der Waals surface area contributed by atoms with Crippen molar-refractivity contribution in [2.45, 2.75) is 6.18 Å². The molecule has 0 spiro atoms. The summed E-state index contributed by atoms with van der Waals surface area (Å²) in [7, 11) is 4.22. The van der Waals surface area contributed by atoms with E-state index in [9.17, 15) is 23.1 Å². The third-order valence-electron chi connectivity index (χ3n) is 4.12. The van der Waals surface area contributed by atoms with Gasteiger partial charge in [-0.15, -0.1) is 0 Å². The van der Waals surface area contributed by atoms with Crippen LogP contribution in [0.3, 0.4) is 0 Å². The lowest BCUT2D eigenvalue weighted by Gasteiger charge is -2.16. The standard InChI is InChI=1S/C19H16F3N3O5/c1-28-13-7-10(8-14(29-2)16(13)30-3)23-17-15(18(26)27)24-11-5-4-9(19(20,21)22)6-12(11)25-17/h4-8H,1-3H3,(H,23,25)(H,26,27). The summed E-state index contributed by atoms with van der Waals surface area (Å²) in [5.74, 6) is -0.778. The Kier molecular flexibility index (Phi) is 5.54. The van der Waals surface area contributed by atoms with Crippen molar-refractivity contribution in [3.05, 3.63) is 41.6 Å². The monoisotopic (exact) mass is 423 g/mol. The van der Waals surface area contributed by atoms with Crippen molar-refractivity contribution in [2.75, 3.05) is 26.6 Å². The molecule has 0 radical (unpaired) electrons. The summed E-state index contributed by atoms with van der Waals surface area (Å²) in [6.07, 6.45) is -4.58. The molecule has 1 heterocycles. The zero-order valence-corrected chi connectivity index (χ0v) is 16.0. The van der Waals surface area contributed by atoms with Crippen LogP contribution < -0.4 is 19.5 Å². The minimum atomic E-state index is -4.58. The predicted octanol–water partition coefficient (Wildman–Crippen LogP) is 4.12. The summed E-state index contributed by atoms with van der Waals surface area (Å²) in [6.45, 7) is 0. The first-order valence-electron chi connectivity index (χ1n) is 8.37. The van der Waals surface area contributed by atoms with Gasteiger partial charge in [0.1, 0.15) is 0 Å². The highest BCUT2D eigenvalue weighted by atomic mass is 19.4. The van der Waals surface area contributed by atoms with Crippen LogP contribution >= 0.6 is 0 Å². The van der Waals surface area contributed by atoms with Gasteiger partial charge in [-0.2, -0.15) is 13.2 Å². The number of aromatic carboxylic acids is 1. The molecule has 0 aliphatic carbocycles. The average molecular weight is 423 g/mol. The highest BCUT2D eigenvalue weighted by molar-refractivity contribution is 5.95. The maximum atomic E-state index is 13.0. The fourth-order valence-corrected chi connectivity index (χ4v) is 2.76. The SMILES string of the molecule is COc1cc(Nc2nc3cc(C(F)(F)F)ccc3nc2C(=O)O)cc(OC)c1OC. The molecule has 11 heteroatoms. The van der Waals surface area contributed by atoms with Gasteiger partial charge in [-0.1, -0.05) is 0 Å². The molecule has 3 aromatic rings. The number of aromatic nitrogens is 2. The van der Waals surface area contributed by atoms with Crippen molar-refractivity contribution in [1.82, 2.24) is 9.97 Å². The number of nitrogens with zero attached hydrogens (tertiary/aromatic N) is 2. The minimum Gasteiger partial charge on any atom is -0.493 e. The molecule has 0 unspecified atom stereocenters. The molecule has 158 valence electrons. The molecule has 8 nitrogen and oxygen atoms in total. The lowest BCUT2D eigenvalue weighted by atomic mass is 10.2. The fraction of sp³-hybridized carbons (Fsp3) is 0.211. The summed E-state index contributed by atoms with van der Waals surface area (Å²) in [4.78, 5) is 19.6. The van der Waals surface area contributed by atoms with E-state index in [-0.39, 0.29) is 28.4 Å². The first-order chi connectivity index (χ1) is 14.2. The summed E-state index contributed by atoms with van der Waals surface area (Å²) >= 11 is 0. The van der Waals surface area contributed by atoms with Gasteiger partial charge in [0.05, 0.1) is 37.9 Å². The number of alkyl halides is 3. The van der Waals surface area contributed by atoms with Crippen molar-refractivity contribution in [2.24, 2.45) is 0 Å². The van der Waals surface area contributed by atoms with E-state index < -0.39 is 23.4 Å². The predicted molar refractivity (Wildman–Crippen MR) is 101 cm³/mol. The van der Waals surface area contributed by atoms with Crippen molar-refractivity contribution in [3.8, 4) is 17.2 Å². The number of carboxylic acid groups (broad SMARTS) is 1. The summed E-state index contributed by atoms with van der Waals surface area (Å²) in [5, 5.41) is 12.2. The van der Waals surface area contributed by atoms with E-state index in [1.54, 1.807) is 0 Å². The van der Waals surface area contributed by atoms with E-state index in [0.717, 1.165) is 18.2 Å². The second-order valence-corrected chi connectivity index (χ2v) is 5.97. The maximum absolute atomic E-state index is 13.0. The van der Waals surface area contributed by atoms with Crippen LogP contribution in [0, 0.1) is 0 Å². The van der Waals surface area contributed by atoms with Crippen LogP contribution in [0.25, 0.3) is 11.0 Å². The van der Waals surface area contributed by atoms with Crippen molar-refractivity contribution >= 4 is 28.5 Å². The number of anilines is 2. The second-order valence-electron chi connectivity index (χ2n) is 5.97. The highest BCUT2D eigenvalue weighted by Crippen LogP contribution is 2.41. The Morgan fingerprint density at radius 1 is 0.967 bits per heavy atom. The number of nitrogens with one attached hydrogen (secondary N) is 1. The van der Waals surface area contributed by atoms with Gasteiger partial charge in [0, 0.05) is 17.8 Å². The lowest BCUT2D eigenvalue weighted by Crippen LogP contribution is -2.10. The van der Waals surface area contributed by atoms with E-state index in [4.69, 9.17) is 14.2 Å². The highest BCUT2D eigenvalue weighted by Gasteiger charge is 2.31. The molecule has 0 atom stereocenters. The van der Waals surface area contributed by atoms with Gasteiger partial charge in [-0.3, -0.25) is 0 Å². The Balaban J connectivity index is 2.14. The van der Waals surface area contributed by atoms with Crippen LogP contribution in [0.2, 0.25) is 0 Å². The van der Waals surface area contributed by atoms with Gasteiger partial charge >= 0.3 is 12.1 Å². The number of hydrogen-bond donors (Lipinski definition) is 2. The fourth-order valence-electron chi connectivity index (χ4n) is 2.76. The van der Waals surface area contributed by atoms with Crippen LogP contribution in [-0.2, 0) is 6.18 Å². The van der Waals surface area contributed by atoms with Gasteiger partial charge in [-0.25, -0.2) is 14.8 Å². The molecule has 2 aromatic carbocycles. The smallest absolute Gasteiger partial charge is 0.416 e. The Bertz CT molecular complexity index is 1090. The van der Waals surface area contributed by atoms with Crippen LogP contribution in [0.1, 0.15) is 16.1 Å². The summed E-state index contributed by atoms with van der Waals surface area (Å²) in [6, 6.07) is 5.67. The molecule has 1 aromatic heterocycles. The Morgan fingerprint density at radius 3 is 2.10 bits per heavy atom. The first kappa shape index (κ1) is 21.0. The molecule has 0 aliphatic rings. The van der Waals surface area contributed by atoms with Crippen LogP contribution in [0.15, 0.2) is 30.3 Å². The van der Waals surface area contributed by atoms with Gasteiger partial charge < -0.3 is 24.6 Å². The van der Waals surface area contributed by atoms with Gasteiger partial charge in [0.25, 0.3) is 0 Å². The molecule has 0 saturated heterocycles. The number of carboxylic acids is 1. The molecule has 0 aliphatic heterocycles. The molecular weight excluding hydrogens is 407 g/mol. The van der Waals surface area contributed by atoms with Crippen LogP contribution in [-0.4, -0.2) is 42.4 Å². The number of fused-ring (bicyclic) bond motifs is 1. The minimum absolute atomic E-state index is 0.0100. The van der Waals surface area contributed by atoms with Crippen LogP contribution in [0.5, 0.6) is 17.2 Å². The average Bonchev–Trinajstić information content (AvgIpc) is 2.71. The van der Waals surface area contributed by atoms with E-state index >= 15 is 0 Å². The molecule has 0 saturated carbocycles. The van der Waals surface area contributed by atoms with E-state index in [1.165, 1.54) is 33.5 Å². The van der Waals surface area contributed by atoms with Crippen LogP contribution in [0.4, 0.5) is 24.7 Å². The van der Waals surface area contributed by atoms with Gasteiger partial charge in [0.2, 0.25) is 5.75 Å². The molecule has 30 heavy (non-hydrogen) atoms. The molecular formula is C19H16F3N3O5. The van der Waals surface area contributed by atoms with Crippen molar-refractivity contribution in [3.63, 3.8) is 0 Å². The zero-order chi connectivity index (χ0) is 22.1. The Labute approximate surface area is 168 Å². The number of carbonyl (C=O) groups is 1. The normalized spacial score (nSPS) is 11.3. The first-order valence-corrected chi connectivity index (χ1v) is 8.37. The number of methoxy groups -OCH3 is 3. The molecule has 0 amide bonds. The molecule has 0 fully saturated rings. The topological polar surface area (TPSA) is 103 Å². The Morgan fingerprint density at radius 2 is 1.60 bits per heavy atom. The number of ether oxygens (including phenoxy) is 3. The molecule has 0 bridgehead atoms. The van der Waals surface area contributed by atoms with Crippen molar-refractivity contribution in [1.29, 1.82) is 0 Å². The number of benzene rings is 2. The second kappa shape index (κ2) is 7.93. The quantitative estimate of drug-likeness (QED) is 0.611. The van der Waals surface area contributed by atoms with E-state index in [0.29, 0.717) is 11.4 Å². The number of halogens is 3. The largest absolute Gasteiger partial charge is 0.493 e. The zero-order valence-electron chi connectivity index (χ0n) is 16.0. The van der Waals surface area contributed by atoms with Gasteiger partial charge in [0.15, 0.2) is 23.0 Å². The van der Waals surface area contributed by atoms with E-state index in [2.05, 4.69) is 15.3 Å². The Hall–Kier alpha value is -3.76. The number of rotatable bonds is 6. The van der Waals surface area contributed by atoms with E-state index in [1.807, 2.05) is 0 Å². The van der Waals surface area contributed by atoms with Gasteiger partial charge in [-0.05, 0) is 18.2 Å². The summed E-state index contributed by atoms with van der Waals surface area (Å²) in [5.41, 5.74) is -1.20.